The highest BCUT2D eigenvalue weighted by molar-refractivity contribution is 7.39. The predicted octanol–water partition coefficient (Wildman–Crippen LogP) is 8.54. The molecule has 0 aliphatic carbocycles. The Labute approximate surface area is 159 Å². The molecular weight excluding hydrogens is 327 g/mol. The van der Waals surface area contributed by atoms with Crippen molar-refractivity contribution in [1.82, 2.24) is 0 Å². The van der Waals surface area contributed by atoms with Crippen LogP contribution in [0, 0.1) is 0 Å². The fourth-order valence-corrected chi connectivity index (χ4v) is 4.31. The van der Waals surface area contributed by atoms with Gasteiger partial charge in [-0.3, -0.25) is 4.57 Å². The zero-order valence-electron chi connectivity index (χ0n) is 17.5. The van der Waals surface area contributed by atoms with Crippen molar-refractivity contribution in [3.8, 4) is 0 Å². The summed E-state index contributed by atoms with van der Waals surface area (Å²) in [5, 5.41) is 0. The molecule has 0 N–H and O–H groups in total. The van der Waals surface area contributed by atoms with Gasteiger partial charge in [0.25, 0.3) is 0 Å². The Morgan fingerprint density at radius 3 is 1.32 bits per heavy atom. The average Bonchev–Trinajstić information content (AvgIpc) is 2.62. The molecule has 0 saturated heterocycles. The van der Waals surface area contributed by atoms with E-state index in [0.717, 1.165) is 19.0 Å². The molecule has 0 heterocycles. The molecular formula is C22H47O2P. The number of unbranched alkanes of at least 4 members (excludes halogenated alkanes) is 16. The van der Waals surface area contributed by atoms with Gasteiger partial charge in [-0.25, -0.2) is 0 Å². The van der Waals surface area contributed by atoms with E-state index in [1.54, 1.807) is 0 Å². The Balaban J connectivity index is 3.09. The molecule has 2 nitrogen and oxygen atoms in total. The summed E-state index contributed by atoms with van der Waals surface area (Å²) in [6, 6.07) is 0. The van der Waals surface area contributed by atoms with Crippen LogP contribution in [0.5, 0.6) is 0 Å². The van der Waals surface area contributed by atoms with Gasteiger partial charge in [0.15, 0.2) is 8.03 Å². The smallest absolute Gasteiger partial charge is 0.191 e. The molecule has 0 bridgehead atoms. The largest absolute Gasteiger partial charge is 0.330 e. The van der Waals surface area contributed by atoms with Gasteiger partial charge < -0.3 is 4.52 Å². The van der Waals surface area contributed by atoms with Crippen LogP contribution in [-0.4, -0.2) is 12.8 Å². The molecule has 0 spiro atoms. The summed E-state index contributed by atoms with van der Waals surface area (Å²) >= 11 is 0. The van der Waals surface area contributed by atoms with E-state index in [2.05, 4.69) is 13.8 Å². The molecule has 152 valence electrons. The summed E-state index contributed by atoms with van der Waals surface area (Å²) in [7, 11) is -1.74. The minimum absolute atomic E-state index is 0.705. The van der Waals surface area contributed by atoms with Crippen molar-refractivity contribution in [1.29, 1.82) is 0 Å². The second kappa shape index (κ2) is 22.2. The third-order valence-electron chi connectivity index (χ3n) is 5.00. The summed E-state index contributed by atoms with van der Waals surface area (Å²) in [6.07, 6.45) is 24.8. The molecule has 0 aromatic carbocycles. The predicted molar refractivity (Wildman–Crippen MR) is 114 cm³/mol. The van der Waals surface area contributed by atoms with E-state index in [-0.39, 0.29) is 0 Å². The molecule has 1 atom stereocenters. The molecule has 0 aromatic rings. The van der Waals surface area contributed by atoms with Gasteiger partial charge in [0.1, 0.15) is 0 Å². The highest BCUT2D eigenvalue weighted by Gasteiger charge is 2.00. The summed E-state index contributed by atoms with van der Waals surface area (Å²) in [5.74, 6) is 0. The molecule has 0 fully saturated rings. The van der Waals surface area contributed by atoms with Gasteiger partial charge >= 0.3 is 0 Å². The van der Waals surface area contributed by atoms with E-state index in [1.807, 2.05) is 0 Å². The third kappa shape index (κ3) is 22.1. The molecule has 0 aromatic heterocycles. The molecule has 0 amide bonds. The first kappa shape index (κ1) is 25.2. The van der Waals surface area contributed by atoms with Gasteiger partial charge in [-0.15, -0.1) is 0 Å². The topological polar surface area (TPSA) is 26.3 Å². The van der Waals surface area contributed by atoms with E-state index >= 15 is 0 Å². The van der Waals surface area contributed by atoms with E-state index in [9.17, 15) is 4.57 Å². The lowest BCUT2D eigenvalue weighted by atomic mass is 10.0. The van der Waals surface area contributed by atoms with E-state index < -0.39 is 8.03 Å². The molecule has 3 heteroatoms. The van der Waals surface area contributed by atoms with Crippen LogP contribution in [0.25, 0.3) is 0 Å². The van der Waals surface area contributed by atoms with E-state index in [0.29, 0.717) is 6.61 Å². The van der Waals surface area contributed by atoms with E-state index in [4.69, 9.17) is 4.52 Å². The minimum atomic E-state index is -1.74. The Bertz CT molecular complexity index is 269. The first-order valence-electron chi connectivity index (χ1n) is 11.5. The summed E-state index contributed by atoms with van der Waals surface area (Å²) in [5.41, 5.74) is 0. The van der Waals surface area contributed by atoms with Gasteiger partial charge in [-0.05, 0) is 12.8 Å². The lowest BCUT2D eigenvalue weighted by molar-refractivity contribution is 0.316. The van der Waals surface area contributed by atoms with Gasteiger partial charge in [0.05, 0.1) is 6.61 Å². The van der Waals surface area contributed by atoms with Crippen LogP contribution in [0.3, 0.4) is 0 Å². The average molecular weight is 375 g/mol. The second-order valence-electron chi connectivity index (χ2n) is 7.63. The maximum Gasteiger partial charge on any atom is 0.191 e. The number of hydrogen-bond donors (Lipinski definition) is 0. The van der Waals surface area contributed by atoms with Crippen molar-refractivity contribution in [2.24, 2.45) is 0 Å². The van der Waals surface area contributed by atoms with Gasteiger partial charge in [0.2, 0.25) is 0 Å². The minimum Gasteiger partial charge on any atom is -0.330 e. The lowest BCUT2D eigenvalue weighted by Crippen LogP contribution is -1.90. The van der Waals surface area contributed by atoms with Crippen molar-refractivity contribution < 1.29 is 9.09 Å². The van der Waals surface area contributed by atoms with Crippen molar-refractivity contribution >= 4 is 8.03 Å². The summed E-state index contributed by atoms with van der Waals surface area (Å²) in [4.78, 5) is 0. The first-order chi connectivity index (χ1) is 12.3. The Hall–Kier alpha value is 0.190. The molecule has 0 aliphatic heterocycles. The first-order valence-corrected chi connectivity index (χ1v) is 13.0. The zero-order chi connectivity index (χ0) is 18.4. The van der Waals surface area contributed by atoms with Gasteiger partial charge in [-0.1, -0.05) is 117 Å². The van der Waals surface area contributed by atoms with Crippen LogP contribution in [0.15, 0.2) is 0 Å². The maximum absolute atomic E-state index is 11.8. The van der Waals surface area contributed by atoms with Crippen LogP contribution < -0.4 is 0 Å². The van der Waals surface area contributed by atoms with Gasteiger partial charge in [0, 0.05) is 6.16 Å². The summed E-state index contributed by atoms with van der Waals surface area (Å²) in [6.45, 7) is 5.19. The van der Waals surface area contributed by atoms with Crippen molar-refractivity contribution in [2.45, 2.75) is 129 Å². The molecule has 0 saturated carbocycles. The highest BCUT2D eigenvalue weighted by Crippen LogP contribution is 2.25. The summed E-state index contributed by atoms with van der Waals surface area (Å²) < 4.78 is 17.2. The van der Waals surface area contributed by atoms with Crippen molar-refractivity contribution in [2.75, 3.05) is 12.8 Å². The quantitative estimate of drug-likeness (QED) is 0.149. The van der Waals surface area contributed by atoms with Crippen molar-refractivity contribution in [3.63, 3.8) is 0 Å². The van der Waals surface area contributed by atoms with Gasteiger partial charge in [-0.2, -0.15) is 0 Å². The second-order valence-corrected chi connectivity index (χ2v) is 9.16. The number of rotatable bonds is 21. The highest BCUT2D eigenvalue weighted by atomic mass is 31.1. The lowest BCUT2D eigenvalue weighted by Gasteiger charge is -2.05. The standard InChI is InChI=1S/C22H47O2P/c1-3-5-7-9-10-11-12-13-14-15-16-17-18-20-22-25(23)24-21-19-8-6-4-2/h25H,3-22H2,1-2H3. The zero-order valence-corrected chi connectivity index (χ0v) is 18.5. The Morgan fingerprint density at radius 2 is 0.880 bits per heavy atom. The van der Waals surface area contributed by atoms with Crippen LogP contribution >= 0.6 is 8.03 Å². The van der Waals surface area contributed by atoms with Crippen LogP contribution in [0.4, 0.5) is 0 Å². The molecule has 1 unspecified atom stereocenters. The SMILES string of the molecule is CCCCCCCCCCCCCCCC[PH](=O)OCCCCCC. The van der Waals surface area contributed by atoms with E-state index in [1.165, 1.54) is 103 Å². The normalized spacial score (nSPS) is 12.6. The van der Waals surface area contributed by atoms with Crippen LogP contribution in [0.2, 0.25) is 0 Å². The fourth-order valence-electron chi connectivity index (χ4n) is 3.25. The molecule has 0 aliphatic rings. The molecule has 25 heavy (non-hydrogen) atoms. The van der Waals surface area contributed by atoms with Crippen LogP contribution in [0.1, 0.15) is 129 Å². The van der Waals surface area contributed by atoms with Crippen LogP contribution in [-0.2, 0) is 9.09 Å². The fraction of sp³-hybridized carbons (Fsp3) is 1.00. The molecule has 0 rings (SSSR count). The monoisotopic (exact) mass is 374 g/mol. The van der Waals surface area contributed by atoms with Crippen molar-refractivity contribution in [3.05, 3.63) is 0 Å². The Kier molecular flexibility index (Phi) is 22.4. The maximum atomic E-state index is 11.8. The number of hydrogen-bond acceptors (Lipinski definition) is 2. The third-order valence-corrected chi connectivity index (χ3v) is 6.28. The Morgan fingerprint density at radius 1 is 0.520 bits per heavy atom. The molecule has 0 radical (unpaired) electrons.